The van der Waals surface area contributed by atoms with Crippen LogP contribution in [0.1, 0.15) is 26.7 Å². The molecular formula is C10H20N2O4. The molecule has 0 radical (unpaired) electrons. The first-order chi connectivity index (χ1) is 7.61. The van der Waals surface area contributed by atoms with Crippen LogP contribution in [0.5, 0.6) is 0 Å². The second-order valence-corrected chi connectivity index (χ2v) is 3.28. The number of carboxylic acids is 1. The van der Waals surface area contributed by atoms with Crippen molar-refractivity contribution in [2.75, 3.05) is 19.8 Å². The highest BCUT2D eigenvalue weighted by Crippen LogP contribution is 1.96. The van der Waals surface area contributed by atoms with Gasteiger partial charge in [0, 0.05) is 13.2 Å². The summed E-state index contributed by atoms with van der Waals surface area (Å²) in [6.07, 6.45) is 1.13. The molecule has 0 saturated heterocycles. The lowest BCUT2D eigenvalue weighted by Crippen LogP contribution is -2.46. The van der Waals surface area contributed by atoms with Gasteiger partial charge in [-0.15, -0.1) is 0 Å². The highest BCUT2D eigenvalue weighted by molar-refractivity contribution is 5.82. The molecule has 3 N–H and O–H groups in total. The molecule has 0 aromatic heterocycles. The summed E-state index contributed by atoms with van der Waals surface area (Å²) in [4.78, 5) is 22.0. The van der Waals surface area contributed by atoms with E-state index in [9.17, 15) is 9.59 Å². The van der Waals surface area contributed by atoms with Crippen molar-refractivity contribution in [3.8, 4) is 0 Å². The average Bonchev–Trinajstić information content (AvgIpc) is 2.23. The molecule has 94 valence electrons. The number of carbonyl (C=O) groups is 2. The normalized spacial score (nSPS) is 11.9. The standard InChI is InChI=1S/C10H20N2O4/c1-3-5-8(9(13)14)12-10(15)11-6-7-16-4-2/h8H,3-7H2,1-2H3,(H,13,14)(H2,11,12,15)/t8-/m1/s1. The topological polar surface area (TPSA) is 87.7 Å². The molecule has 16 heavy (non-hydrogen) atoms. The Morgan fingerprint density at radius 3 is 2.56 bits per heavy atom. The quantitative estimate of drug-likeness (QED) is 0.534. The van der Waals surface area contributed by atoms with Crippen molar-refractivity contribution >= 4 is 12.0 Å². The third-order valence-corrected chi connectivity index (χ3v) is 1.92. The number of carbonyl (C=O) groups excluding carboxylic acids is 1. The van der Waals surface area contributed by atoms with Crippen LogP contribution in [0.3, 0.4) is 0 Å². The van der Waals surface area contributed by atoms with Gasteiger partial charge >= 0.3 is 12.0 Å². The molecule has 0 heterocycles. The second kappa shape index (κ2) is 8.96. The van der Waals surface area contributed by atoms with Crippen LogP contribution < -0.4 is 10.6 Å². The Kier molecular flexibility index (Phi) is 8.24. The average molecular weight is 232 g/mol. The lowest BCUT2D eigenvalue weighted by atomic mass is 10.2. The molecule has 1 atom stereocenters. The lowest BCUT2D eigenvalue weighted by Gasteiger charge is -2.14. The van der Waals surface area contributed by atoms with Gasteiger partial charge in [0.25, 0.3) is 0 Å². The summed E-state index contributed by atoms with van der Waals surface area (Å²) >= 11 is 0. The predicted molar refractivity (Wildman–Crippen MR) is 59.4 cm³/mol. The Hall–Kier alpha value is -1.30. The van der Waals surface area contributed by atoms with Crippen molar-refractivity contribution in [1.29, 1.82) is 0 Å². The fraction of sp³-hybridized carbons (Fsp3) is 0.800. The molecule has 6 heteroatoms. The molecule has 0 rings (SSSR count). The van der Waals surface area contributed by atoms with Gasteiger partial charge < -0.3 is 20.5 Å². The van der Waals surface area contributed by atoms with Crippen molar-refractivity contribution in [3.05, 3.63) is 0 Å². The highest BCUT2D eigenvalue weighted by Gasteiger charge is 2.17. The van der Waals surface area contributed by atoms with E-state index in [0.29, 0.717) is 32.6 Å². The van der Waals surface area contributed by atoms with Gasteiger partial charge in [-0.1, -0.05) is 13.3 Å². The highest BCUT2D eigenvalue weighted by atomic mass is 16.5. The van der Waals surface area contributed by atoms with Gasteiger partial charge in [-0.05, 0) is 13.3 Å². The van der Waals surface area contributed by atoms with Gasteiger partial charge in [0.2, 0.25) is 0 Å². The number of aliphatic carboxylic acids is 1. The number of hydrogen-bond donors (Lipinski definition) is 3. The molecule has 0 aliphatic rings. The molecule has 0 fully saturated rings. The number of hydrogen-bond acceptors (Lipinski definition) is 3. The summed E-state index contributed by atoms with van der Waals surface area (Å²) in [6, 6.07) is -1.29. The SMILES string of the molecule is CCC[C@@H](NC(=O)NCCOCC)C(=O)O. The molecule has 0 aromatic rings. The molecule has 0 aliphatic heterocycles. The minimum atomic E-state index is -1.01. The molecule has 0 aliphatic carbocycles. The summed E-state index contributed by atoms with van der Waals surface area (Å²) in [5.41, 5.74) is 0. The molecule has 0 bridgehead atoms. The fourth-order valence-electron chi connectivity index (χ4n) is 1.14. The number of carboxylic acid groups (broad SMARTS) is 1. The maximum atomic E-state index is 11.3. The van der Waals surface area contributed by atoms with E-state index in [0.717, 1.165) is 0 Å². The maximum Gasteiger partial charge on any atom is 0.326 e. The molecule has 0 aromatic carbocycles. The largest absolute Gasteiger partial charge is 0.480 e. The third kappa shape index (κ3) is 7.05. The van der Waals surface area contributed by atoms with Gasteiger partial charge in [-0.3, -0.25) is 0 Å². The fourth-order valence-corrected chi connectivity index (χ4v) is 1.14. The summed E-state index contributed by atoms with van der Waals surface area (Å²) in [7, 11) is 0. The Bertz CT molecular complexity index is 221. The van der Waals surface area contributed by atoms with E-state index < -0.39 is 18.0 Å². The Morgan fingerprint density at radius 2 is 2.06 bits per heavy atom. The monoisotopic (exact) mass is 232 g/mol. The summed E-state index contributed by atoms with van der Waals surface area (Å²) in [5.74, 6) is -1.01. The molecular weight excluding hydrogens is 212 g/mol. The Morgan fingerprint density at radius 1 is 1.38 bits per heavy atom. The van der Waals surface area contributed by atoms with Gasteiger partial charge in [0.1, 0.15) is 6.04 Å². The first-order valence-electron chi connectivity index (χ1n) is 5.46. The number of amides is 2. The number of nitrogens with one attached hydrogen (secondary N) is 2. The minimum Gasteiger partial charge on any atom is -0.480 e. The predicted octanol–water partition coefficient (Wildman–Crippen LogP) is 0.575. The van der Waals surface area contributed by atoms with E-state index in [1.807, 2.05) is 13.8 Å². The van der Waals surface area contributed by atoms with Gasteiger partial charge in [0.05, 0.1) is 6.61 Å². The first kappa shape index (κ1) is 14.7. The minimum absolute atomic E-state index is 0.373. The van der Waals surface area contributed by atoms with E-state index in [1.165, 1.54) is 0 Å². The van der Waals surface area contributed by atoms with Crippen LogP contribution in [0.4, 0.5) is 4.79 Å². The van der Waals surface area contributed by atoms with E-state index in [4.69, 9.17) is 9.84 Å². The molecule has 0 spiro atoms. The second-order valence-electron chi connectivity index (χ2n) is 3.28. The first-order valence-corrected chi connectivity index (χ1v) is 5.46. The number of urea groups is 1. The zero-order chi connectivity index (χ0) is 12.4. The summed E-state index contributed by atoms with van der Waals surface area (Å²) in [5, 5.41) is 13.7. The van der Waals surface area contributed by atoms with E-state index in [2.05, 4.69) is 10.6 Å². The van der Waals surface area contributed by atoms with E-state index in [1.54, 1.807) is 0 Å². The van der Waals surface area contributed by atoms with Crippen molar-refractivity contribution in [3.63, 3.8) is 0 Å². The van der Waals surface area contributed by atoms with Crippen LogP contribution in [0.25, 0.3) is 0 Å². The summed E-state index contributed by atoms with van der Waals surface area (Å²) in [6.45, 7) is 5.12. The van der Waals surface area contributed by atoms with E-state index in [-0.39, 0.29) is 0 Å². The number of rotatable bonds is 8. The van der Waals surface area contributed by atoms with Crippen molar-refractivity contribution in [2.24, 2.45) is 0 Å². The van der Waals surface area contributed by atoms with Crippen LogP contribution in [-0.2, 0) is 9.53 Å². The van der Waals surface area contributed by atoms with Gasteiger partial charge in [-0.2, -0.15) is 0 Å². The Balaban J connectivity index is 3.77. The van der Waals surface area contributed by atoms with Crippen LogP contribution in [0.15, 0.2) is 0 Å². The van der Waals surface area contributed by atoms with Gasteiger partial charge in [-0.25, -0.2) is 9.59 Å². The zero-order valence-electron chi connectivity index (χ0n) is 9.78. The summed E-state index contributed by atoms with van der Waals surface area (Å²) < 4.78 is 5.03. The molecule has 0 saturated carbocycles. The van der Waals surface area contributed by atoms with Crippen molar-refractivity contribution in [2.45, 2.75) is 32.7 Å². The smallest absolute Gasteiger partial charge is 0.326 e. The van der Waals surface area contributed by atoms with Crippen LogP contribution >= 0.6 is 0 Å². The molecule has 0 unspecified atom stereocenters. The molecule has 2 amide bonds. The maximum absolute atomic E-state index is 11.3. The van der Waals surface area contributed by atoms with Crippen molar-refractivity contribution < 1.29 is 19.4 Å². The van der Waals surface area contributed by atoms with Gasteiger partial charge in [0.15, 0.2) is 0 Å². The molecule has 6 nitrogen and oxygen atoms in total. The van der Waals surface area contributed by atoms with Crippen LogP contribution in [-0.4, -0.2) is 42.9 Å². The van der Waals surface area contributed by atoms with Crippen LogP contribution in [0, 0.1) is 0 Å². The zero-order valence-corrected chi connectivity index (χ0v) is 9.78. The number of ether oxygens (including phenoxy) is 1. The van der Waals surface area contributed by atoms with Crippen molar-refractivity contribution in [1.82, 2.24) is 10.6 Å². The lowest BCUT2D eigenvalue weighted by molar-refractivity contribution is -0.139. The Labute approximate surface area is 95.4 Å². The van der Waals surface area contributed by atoms with Crippen LogP contribution in [0.2, 0.25) is 0 Å². The van der Waals surface area contributed by atoms with E-state index >= 15 is 0 Å². The third-order valence-electron chi connectivity index (χ3n) is 1.92.